The van der Waals surface area contributed by atoms with Crippen LogP contribution in [0.4, 0.5) is 0 Å². The highest BCUT2D eigenvalue weighted by Crippen LogP contribution is 2.27. The molecular weight excluding hydrogens is 272 g/mol. The van der Waals surface area contributed by atoms with Gasteiger partial charge in [0.1, 0.15) is 5.75 Å². The Morgan fingerprint density at radius 1 is 1.00 bits per heavy atom. The molecule has 0 atom stereocenters. The van der Waals surface area contributed by atoms with Crippen molar-refractivity contribution in [3.05, 3.63) is 28.8 Å². The van der Waals surface area contributed by atoms with Gasteiger partial charge < -0.3 is 5.11 Å². The standard InChI is InChI=1S/C20H32O2/c1-15(2)9-7-5-6-8-10-17-11-12-20(22)19(14-21)18(17)13-16(3)4/h11-12,14-16,22H,5-10,13H2,1-4H3. The van der Waals surface area contributed by atoms with E-state index in [1.807, 2.05) is 6.07 Å². The van der Waals surface area contributed by atoms with Gasteiger partial charge in [-0.05, 0) is 48.3 Å². The molecule has 0 unspecified atom stereocenters. The van der Waals surface area contributed by atoms with E-state index in [9.17, 15) is 9.90 Å². The van der Waals surface area contributed by atoms with Crippen LogP contribution in [0.5, 0.6) is 5.75 Å². The SMILES string of the molecule is CC(C)CCCCCCc1ccc(O)c(C=O)c1CC(C)C. The summed E-state index contributed by atoms with van der Waals surface area (Å²) in [5.74, 6) is 1.39. The topological polar surface area (TPSA) is 37.3 Å². The quantitative estimate of drug-likeness (QED) is 0.454. The molecule has 0 saturated heterocycles. The predicted molar refractivity (Wildman–Crippen MR) is 93.7 cm³/mol. The molecule has 0 aliphatic heterocycles. The van der Waals surface area contributed by atoms with Crippen LogP contribution in [0.2, 0.25) is 0 Å². The lowest BCUT2D eigenvalue weighted by Gasteiger charge is -2.15. The lowest BCUT2D eigenvalue weighted by atomic mass is 9.90. The second-order valence-corrected chi connectivity index (χ2v) is 7.20. The van der Waals surface area contributed by atoms with Gasteiger partial charge in [0.2, 0.25) is 0 Å². The monoisotopic (exact) mass is 304 g/mol. The van der Waals surface area contributed by atoms with Crippen molar-refractivity contribution in [2.75, 3.05) is 0 Å². The van der Waals surface area contributed by atoms with Crippen LogP contribution in [0.25, 0.3) is 0 Å². The highest BCUT2D eigenvalue weighted by molar-refractivity contribution is 5.82. The molecule has 1 N–H and O–H groups in total. The lowest BCUT2D eigenvalue weighted by Crippen LogP contribution is -2.04. The molecule has 2 nitrogen and oxygen atoms in total. The van der Waals surface area contributed by atoms with E-state index < -0.39 is 0 Å². The first-order chi connectivity index (χ1) is 10.5. The molecule has 0 bridgehead atoms. The number of phenolic OH excluding ortho intramolecular Hbond substituents is 1. The molecular formula is C20H32O2. The zero-order valence-corrected chi connectivity index (χ0v) is 14.7. The Morgan fingerprint density at radius 3 is 2.27 bits per heavy atom. The Morgan fingerprint density at radius 2 is 1.68 bits per heavy atom. The number of phenols is 1. The Hall–Kier alpha value is -1.31. The smallest absolute Gasteiger partial charge is 0.154 e. The molecule has 1 rings (SSSR count). The summed E-state index contributed by atoms with van der Waals surface area (Å²) in [7, 11) is 0. The number of hydrogen-bond donors (Lipinski definition) is 1. The molecule has 124 valence electrons. The molecule has 0 amide bonds. The van der Waals surface area contributed by atoms with Crippen molar-refractivity contribution in [2.24, 2.45) is 11.8 Å². The van der Waals surface area contributed by atoms with Crippen LogP contribution < -0.4 is 0 Å². The number of carbonyl (C=O) groups excluding carboxylic acids is 1. The van der Waals surface area contributed by atoms with Gasteiger partial charge >= 0.3 is 0 Å². The summed E-state index contributed by atoms with van der Waals surface area (Å²) in [5, 5.41) is 9.89. The minimum absolute atomic E-state index is 0.117. The van der Waals surface area contributed by atoms with Crippen molar-refractivity contribution in [3.63, 3.8) is 0 Å². The fourth-order valence-corrected chi connectivity index (χ4v) is 2.93. The molecule has 22 heavy (non-hydrogen) atoms. The minimum Gasteiger partial charge on any atom is -0.507 e. The molecule has 0 saturated carbocycles. The van der Waals surface area contributed by atoms with E-state index in [-0.39, 0.29) is 5.75 Å². The first-order valence-corrected chi connectivity index (χ1v) is 8.74. The van der Waals surface area contributed by atoms with E-state index in [0.717, 1.165) is 37.0 Å². The summed E-state index contributed by atoms with van der Waals surface area (Å²) < 4.78 is 0. The number of carbonyl (C=O) groups is 1. The second kappa shape index (κ2) is 9.66. The molecule has 2 heteroatoms. The van der Waals surface area contributed by atoms with Crippen LogP contribution in [-0.2, 0) is 12.8 Å². The van der Waals surface area contributed by atoms with Gasteiger partial charge in [-0.1, -0.05) is 59.4 Å². The van der Waals surface area contributed by atoms with Crippen LogP contribution in [0, 0.1) is 11.8 Å². The average molecular weight is 304 g/mol. The summed E-state index contributed by atoms with van der Waals surface area (Å²) in [6, 6.07) is 3.66. The maximum atomic E-state index is 11.3. The molecule has 1 aromatic carbocycles. The van der Waals surface area contributed by atoms with E-state index in [1.54, 1.807) is 6.07 Å². The zero-order valence-electron chi connectivity index (χ0n) is 14.7. The number of aryl methyl sites for hydroxylation is 1. The van der Waals surface area contributed by atoms with Crippen LogP contribution in [0.3, 0.4) is 0 Å². The Labute approximate surface area is 135 Å². The van der Waals surface area contributed by atoms with Crippen LogP contribution in [0.15, 0.2) is 12.1 Å². The van der Waals surface area contributed by atoms with Gasteiger partial charge in [-0.25, -0.2) is 0 Å². The van der Waals surface area contributed by atoms with Gasteiger partial charge in [0.15, 0.2) is 6.29 Å². The second-order valence-electron chi connectivity index (χ2n) is 7.20. The summed E-state index contributed by atoms with van der Waals surface area (Å²) in [6.45, 7) is 8.84. The van der Waals surface area contributed by atoms with E-state index in [4.69, 9.17) is 0 Å². The van der Waals surface area contributed by atoms with Gasteiger partial charge in [0.05, 0.1) is 5.56 Å². The van der Waals surface area contributed by atoms with Crippen molar-refractivity contribution in [2.45, 2.75) is 72.6 Å². The van der Waals surface area contributed by atoms with Crippen LogP contribution in [0.1, 0.15) is 81.3 Å². The summed E-state index contributed by atoms with van der Waals surface area (Å²) >= 11 is 0. The number of rotatable bonds is 10. The maximum Gasteiger partial charge on any atom is 0.154 e. The zero-order chi connectivity index (χ0) is 16.5. The van der Waals surface area contributed by atoms with Gasteiger partial charge in [0, 0.05) is 0 Å². The van der Waals surface area contributed by atoms with E-state index >= 15 is 0 Å². The summed E-state index contributed by atoms with van der Waals surface area (Å²) in [6.07, 6.45) is 8.97. The van der Waals surface area contributed by atoms with Gasteiger partial charge in [-0.2, -0.15) is 0 Å². The number of benzene rings is 1. The molecule has 0 spiro atoms. The van der Waals surface area contributed by atoms with Gasteiger partial charge in [-0.15, -0.1) is 0 Å². The number of hydrogen-bond acceptors (Lipinski definition) is 2. The molecule has 0 heterocycles. The molecule has 0 aromatic heterocycles. The fraction of sp³-hybridized carbons (Fsp3) is 0.650. The first-order valence-electron chi connectivity index (χ1n) is 8.74. The molecule has 0 fully saturated rings. The number of aldehydes is 1. The van der Waals surface area contributed by atoms with Crippen molar-refractivity contribution in [1.29, 1.82) is 0 Å². The van der Waals surface area contributed by atoms with Crippen molar-refractivity contribution in [1.82, 2.24) is 0 Å². The van der Waals surface area contributed by atoms with Crippen molar-refractivity contribution >= 4 is 6.29 Å². The molecule has 0 aliphatic rings. The minimum atomic E-state index is 0.117. The molecule has 1 aromatic rings. The van der Waals surface area contributed by atoms with Gasteiger partial charge in [0.25, 0.3) is 0 Å². The van der Waals surface area contributed by atoms with Crippen LogP contribution >= 0.6 is 0 Å². The number of aromatic hydroxyl groups is 1. The Kier molecular flexibility index (Phi) is 8.22. The van der Waals surface area contributed by atoms with Crippen molar-refractivity contribution in [3.8, 4) is 5.75 Å². The molecule has 0 radical (unpaired) electrons. The average Bonchev–Trinajstić information content (AvgIpc) is 2.44. The van der Waals surface area contributed by atoms with Gasteiger partial charge in [-0.3, -0.25) is 4.79 Å². The third-order valence-electron chi connectivity index (χ3n) is 4.14. The first kappa shape index (κ1) is 18.7. The largest absolute Gasteiger partial charge is 0.507 e. The Bertz CT molecular complexity index is 461. The van der Waals surface area contributed by atoms with Crippen LogP contribution in [-0.4, -0.2) is 11.4 Å². The maximum absolute atomic E-state index is 11.3. The van der Waals surface area contributed by atoms with E-state index in [2.05, 4.69) is 27.7 Å². The third kappa shape index (κ3) is 6.21. The van der Waals surface area contributed by atoms with E-state index in [0.29, 0.717) is 11.5 Å². The summed E-state index contributed by atoms with van der Waals surface area (Å²) in [5.41, 5.74) is 2.77. The highest BCUT2D eigenvalue weighted by atomic mass is 16.3. The number of unbranched alkanes of at least 4 members (excludes halogenated alkanes) is 3. The molecule has 0 aliphatic carbocycles. The fourth-order valence-electron chi connectivity index (χ4n) is 2.93. The lowest BCUT2D eigenvalue weighted by molar-refractivity contribution is 0.112. The predicted octanol–water partition coefficient (Wildman–Crippen LogP) is 5.55. The Balaban J connectivity index is 2.63. The van der Waals surface area contributed by atoms with Crippen molar-refractivity contribution < 1.29 is 9.90 Å². The normalized spacial score (nSPS) is 11.4. The van der Waals surface area contributed by atoms with E-state index in [1.165, 1.54) is 31.2 Å². The highest BCUT2D eigenvalue weighted by Gasteiger charge is 2.13. The summed E-state index contributed by atoms with van der Waals surface area (Å²) in [4.78, 5) is 11.3. The third-order valence-corrected chi connectivity index (χ3v) is 4.14.